The van der Waals surface area contributed by atoms with Crippen molar-refractivity contribution in [1.29, 1.82) is 0 Å². The molecule has 0 bridgehead atoms. The Morgan fingerprint density at radius 3 is 2.00 bits per heavy atom. The lowest BCUT2D eigenvalue weighted by Gasteiger charge is -2.16. The van der Waals surface area contributed by atoms with Crippen molar-refractivity contribution in [2.45, 2.75) is 12.6 Å². The summed E-state index contributed by atoms with van der Waals surface area (Å²) in [6.45, 7) is 2.41. The third-order valence-corrected chi connectivity index (χ3v) is 0.558. The molecule has 0 heterocycles. The zero-order valence-corrected chi connectivity index (χ0v) is 4.86. The largest absolute Gasteiger partial charge is 0.317 e. The molecule has 0 spiro atoms. The number of likely N-dealkylation sites (N-methyl/N-ethyl adjacent to an activating group) is 1. The van der Waals surface area contributed by atoms with E-state index in [9.17, 15) is 0 Å². The van der Waals surface area contributed by atoms with Crippen molar-refractivity contribution in [2.24, 2.45) is 11.5 Å². The first kappa shape index (κ1) is 6.88. The quantitative estimate of drug-likeness (QED) is 0.386. The van der Waals surface area contributed by atoms with E-state index in [-0.39, 0.29) is 0 Å². The Labute approximate surface area is 44.1 Å². The van der Waals surface area contributed by atoms with Crippen molar-refractivity contribution in [3.8, 4) is 0 Å². The van der Waals surface area contributed by atoms with Crippen LogP contribution < -0.4 is 16.8 Å². The van der Waals surface area contributed by atoms with Gasteiger partial charge in [-0.15, -0.1) is 0 Å². The van der Waals surface area contributed by atoms with Crippen LogP contribution in [0.1, 0.15) is 6.92 Å². The first-order valence-corrected chi connectivity index (χ1v) is 2.28. The second kappa shape index (κ2) is 2.26. The van der Waals surface area contributed by atoms with Crippen LogP contribution in [0.3, 0.4) is 0 Å². The second-order valence-electron chi connectivity index (χ2n) is 2.04. The highest BCUT2D eigenvalue weighted by Crippen LogP contribution is 1.79. The van der Waals surface area contributed by atoms with E-state index in [0.29, 0.717) is 6.54 Å². The number of hydrogen-bond donors (Lipinski definition) is 3. The molecule has 0 saturated carbocycles. The summed E-state index contributed by atoms with van der Waals surface area (Å²) in [5, 5.41) is 2.86. The monoisotopic (exact) mass is 103 g/mol. The molecule has 0 aliphatic carbocycles. The summed E-state index contributed by atoms with van der Waals surface area (Å²) < 4.78 is 0. The van der Waals surface area contributed by atoms with Crippen LogP contribution in [-0.2, 0) is 0 Å². The molecule has 0 aliphatic rings. The van der Waals surface area contributed by atoms with E-state index < -0.39 is 5.66 Å². The second-order valence-corrected chi connectivity index (χ2v) is 2.04. The minimum atomic E-state index is -0.561. The lowest BCUT2D eigenvalue weighted by molar-refractivity contribution is 0.465. The van der Waals surface area contributed by atoms with Crippen LogP contribution >= 0.6 is 0 Å². The van der Waals surface area contributed by atoms with Crippen LogP contribution in [0.15, 0.2) is 0 Å². The Morgan fingerprint density at radius 2 is 2.00 bits per heavy atom. The van der Waals surface area contributed by atoms with E-state index in [4.69, 9.17) is 11.5 Å². The van der Waals surface area contributed by atoms with E-state index in [0.717, 1.165) is 0 Å². The van der Waals surface area contributed by atoms with Gasteiger partial charge in [0.25, 0.3) is 0 Å². The van der Waals surface area contributed by atoms with Crippen LogP contribution in [0, 0.1) is 0 Å². The van der Waals surface area contributed by atoms with E-state index in [2.05, 4.69) is 5.32 Å². The van der Waals surface area contributed by atoms with E-state index >= 15 is 0 Å². The molecular formula is C4H13N3. The fraction of sp³-hybridized carbons (Fsp3) is 1.00. The summed E-state index contributed by atoms with van der Waals surface area (Å²) >= 11 is 0. The van der Waals surface area contributed by atoms with E-state index in [1.54, 1.807) is 6.92 Å². The topological polar surface area (TPSA) is 64.1 Å². The van der Waals surface area contributed by atoms with Gasteiger partial charge in [-0.05, 0) is 14.0 Å². The molecule has 7 heavy (non-hydrogen) atoms. The third kappa shape index (κ3) is 5.88. The van der Waals surface area contributed by atoms with Crippen molar-refractivity contribution in [3.63, 3.8) is 0 Å². The molecule has 0 aromatic heterocycles. The maximum Gasteiger partial charge on any atom is 0.0735 e. The standard InChI is InChI=1S/C4H13N3/c1-4(5,6)3-7-2/h7H,3,5-6H2,1-2H3. The normalized spacial score (nSPS) is 12.0. The van der Waals surface area contributed by atoms with Crippen LogP contribution in [0.5, 0.6) is 0 Å². The summed E-state index contributed by atoms with van der Waals surface area (Å²) in [6, 6.07) is 0. The van der Waals surface area contributed by atoms with Gasteiger partial charge in [-0.3, -0.25) is 0 Å². The molecule has 0 rings (SSSR count). The molecular weight excluding hydrogens is 90.1 g/mol. The fourth-order valence-corrected chi connectivity index (χ4v) is 0.381. The Morgan fingerprint density at radius 1 is 1.57 bits per heavy atom. The summed E-state index contributed by atoms with van der Waals surface area (Å²) in [5.41, 5.74) is 10.2. The third-order valence-electron chi connectivity index (χ3n) is 0.558. The van der Waals surface area contributed by atoms with Gasteiger partial charge in [-0.2, -0.15) is 0 Å². The smallest absolute Gasteiger partial charge is 0.0735 e. The Bertz CT molecular complexity index is 45.4. The molecule has 3 heteroatoms. The Kier molecular flexibility index (Phi) is 2.22. The number of rotatable bonds is 2. The lowest BCUT2D eigenvalue weighted by atomic mass is 10.2. The summed E-state index contributed by atoms with van der Waals surface area (Å²) in [7, 11) is 1.82. The predicted molar refractivity (Wildman–Crippen MR) is 30.7 cm³/mol. The van der Waals surface area contributed by atoms with Crippen LogP contribution in [0.4, 0.5) is 0 Å². The first-order valence-electron chi connectivity index (χ1n) is 2.28. The average molecular weight is 103 g/mol. The molecule has 0 unspecified atom stereocenters. The van der Waals surface area contributed by atoms with Crippen molar-refractivity contribution >= 4 is 0 Å². The van der Waals surface area contributed by atoms with Gasteiger partial charge in [0.1, 0.15) is 0 Å². The molecule has 0 fully saturated rings. The van der Waals surface area contributed by atoms with Crippen molar-refractivity contribution in [3.05, 3.63) is 0 Å². The Balaban J connectivity index is 3.15. The van der Waals surface area contributed by atoms with Gasteiger partial charge >= 0.3 is 0 Å². The van der Waals surface area contributed by atoms with Crippen LogP contribution in [-0.4, -0.2) is 19.3 Å². The number of hydrogen-bond acceptors (Lipinski definition) is 3. The van der Waals surface area contributed by atoms with Gasteiger partial charge in [-0.1, -0.05) is 0 Å². The van der Waals surface area contributed by atoms with Gasteiger partial charge in [0.05, 0.1) is 5.66 Å². The SMILES string of the molecule is CNCC(C)(N)N. The average Bonchev–Trinajstić information content (AvgIpc) is 1.30. The van der Waals surface area contributed by atoms with Gasteiger partial charge in [0, 0.05) is 6.54 Å². The minimum Gasteiger partial charge on any atom is -0.317 e. The lowest BCUT2D eigenvalue weighted by Crippen LogP contribution is -2.53. The van der Waals surface area contributed by atoms with Crippen LogP contribution in [0.25, 0.3) is 0 Å². The highest BCUT2D eigenvalue weighted by molar-refractivity contribution is 4.70. The minimum absolute atomic E-state index is 0.561. The number of nitrogens with one attached hydrogen (secondary N) is 1. The zero-order valence-electron chi connectivity index (χ0n) is 4.86. The molecule has 0 atom stereocenters. The van der Waals surface area contributed by atoms with Crippen molar-refractivity contribution < 1.29 is 0 Å². The van der Waals surface area contributed by atoms with Gasteiger partial charge in [-0.25, -0.2) is 0 Å². The fourth-order valence-electron chi connectivity index (χ4n) is 0.381. The van der Waals surface area contributed by atoms with Gasteiger partial charge in [0.15, 0.2) is 0 Å². The molecule has 5 N–H and O–H groups in total. The maximum atomic E-state index is 5.36. The van der Waals surface area contributed by atoms with Crippen molar-refractivity contribution in [2.75, 3.05) is 13.6 Å². The highest BCUT2D eigenvalue weighted by atomic mass is 15.0. The van der Waals surface area contributed by atoms with Crippen LogP contribution in [0.2, 0.25) is 0 Å². The zero-order chi connectivity index (χ0) is 5.91. The molecule has 0 radical (unpaired) electrons. The molecule has 0 aliphatic heterocycles. The van der Waals surface area contributed by atoms with Gasteiger partial charge in [0.2, 0.25) is 0 Å². The highest BCUT2D eigenvalue weighted by Gasteiger charge is 2.06. The van der Waals surface area contributed by atoms with E-state index in [1.807, 2.05) is 7.05 Å². The molecule has 0 aromatic rings. The Hall–Kier alpha value is -0.120. The predicted octanol–water partition coefficient (Wildman–Crippen LogP) is -1.16. The molecule has 3 nitrogen and oxygen atoms in total. The van der Waals surface area contributed by atoms with E-state index in [1.165, 1.54) is 0 Å². The number of nitrogens with two attached hydrogens (primary N) is 2. The summed E-state index contributed by atoms with van der Waals surface area (Å²) in [6.07, 6.45) is 0. The summed E-state index contributed by atoms with van der Waals surface area (Å²) in [5.74, 6) is 0. The maximum absolute atomic E-state index is 5.36. The van der Waals surface area contributed by atoms with Gasteiger partial charge < -0.3 is 16.8 Å². The molecule has 0 amide bonds. The molecule has 44 valence electrons. The molecule has 0 aromatic carbocycles. The van der Waals surface area contributed by atoms with Crippen molar-refractivity contribution in [1.82, 2.24) is 5.32 Å². The molecule has 0 saturated heterocycles. The first-order chi connectivity index (χ1) is 3.06. The summed E-state index contributed by atoms with van der Waals surface area (Å²) in [4.78, 5) is 0.